The summed E-state index contributed by atoms with van der Waals surface area (Å²) in [5, 5.41) is 12.0. The van der Waals surface area contributed by atoms with Gasteiger partial charge in [0.15, 0.2) is 16.7 Å². The lowest BCUT2D eigenvalue weighted by Gasteiger charge is -2.17. The zero-order chi connectivity index (χ0) is 21.3. The summed E-state index contributed by atoms with van der Waals surface area (Å²) in [6, 6.07) is 4.09. The third-order valence-electron chi connectivity index (χ3n) is 4.30. The van der Waals surface area contributed by atoms with Crippen molar-refractivity contribution in [3.63, 3.8) is 0 Å². The molecule has 0 spiro atoms. The second kappa shape index (κ2) is 8.45. The third kappa shape index (κ3) is 4.26. The number of carbonyl (C=O) groups excluding carboxylic acids is 1. The summed E-state index contributed by atoms with van der Waals surface area (Å²) in [5.41, 5.74) is 2.95. The van der Waals surface area contributed by atoms with E-state index in [4.69, 9.17) is 9.47 Å². The lowest BCUT2D eigenvalue weighted by atomic mass is 10.2. The topological polar surface area (TPSA) is 139 Å². The average Bonchev–Trinajstić information content (AvgIpc) is 3.14. The number of hydrogen-bond donors (Lipinski definition) is 3. The first-order valence-electron chi connectivity index (χ1n) is 8.31. The van der Waals surface area contributed by atoms with Gasteiger partial charge < -0.3 is 4.84 Å². The van der Waals surface area contributed by atoms with E-state index in [0.717, 1.165) is 12.8 Å². The molecule has 0 amide bonds. The molecule has 0 atom stereocenters. The maximum absolute atomic E-state index is 13.6. The Kier molecular flexibility index (Phi) is 5.90. The summed E-state index contributed by atoms with van der Waals surface area (Å²) in [7, 11) is -2.77. The van der Waals surface area contributed by atoms with Gasteiger partial charge in [-0.25, -0.2) is 32.6 Å². The van der Waals surface area contributed by atoms with Gasteiger partial charge in [-0.2, -0.15) is 4.83 Å². The van der Waals surface area contributed by atoms with E-state index in [1.165, 1.54) is 34.9 Å². The van der Waals surface area contributed by atoms with E-state index >= 15 is 0 Å². The maximum Gasteiger partial charge on any atom is 0.320 e. The smallest absolute Gasteiger partial charge is 0.320 e. The van der Waals surface area contributed by atoms with E-state index in [1.807, 2.05) is 0 Å². The molecule has 30 heavy (non-hydrogen) atoms. The molecule has 2 heterocycles. The number of hydrogen-bond acceptors (Lipinski definition) is 11. The summed E-state index contributed by atoms with van der Waals surface area (Å²) in [6.45, 7) is 0. The molecule has 15 heteroatoms. The van der Waals surface area contributed by atoms with Crippen molar-refractivity contribution in [2.45, 2.75) is 23.4 Å². The number of nitrogens with one attached hydrogen (secondary N) is 2. The molecule has 11 nitrogen and oxygen atoms in total. The van der Waals surface area contributed by atoms with E-state index in [0.29, 0.717) is 16.5 Å². The van der Waals surface area contributed by atoms with Crippen LogP contribution in [0.25, 0.3) is 0 Å². The number of amidine groups is 1. The minimum atomic E-state index is -2.77. The number of thiol groups is 1. The number of nitrogens with zero attached hydrogens (tertiary/aromatic N) is 4. The summed E-state index contributed by atoms with van der Waals surface area (Å²) in [5.74, 6) is 1.47. The van der Waals surface area contributed by atoms with E-state index in [1.54, 1.807) is 5.94 Å². The number of hydrazine groups is 1. The van der Waals surface area contributed by atoms with Crippen LogP contribution < -0.4 is 15.2 Å². The SMILES string of the molecule is O=C=C1ON=C(c2nonc2SCC2(NN[SH](=O)=O)CC2)N1c1ccc(F)c(Br)c1. The summed E-state index contributed by atoms with van der Waals surface area (Å²) in [6.07, 6.45) is 1.54. The highest BCUT2D eigenvalue weighted by molar-refractivity contribution is 9.10. The predicted molar refractivity (Wildman–Crippen MR) is 107 cm³/mol. The fourth-order valence-electron chi connectivity index (χ4n) is 2.58. The number of aromatic nitrogens is 2. The van der Waals surface area contributed by atoms with Crippen LogP contribution in [0, 0.1) is 5.82 Å². The number of oxime groups is 1. The van der Waals surface area contributed by atoms with Gasteiger partial charge in [-0.3, -0.25) is 0 Å². The van der Waals surface area contributed by atoms with Gasteiger partial charge in [-0.15, -0.1) is 0 Å². The monoisotopic (exact) mass is 518 g/mol. The van der Waals surface area contributed by atoms with Crippen LogP contribution in [0.4, 0.5) is 10.1 Å². The van der Waals surface area contributed by atoms with Crippen LogP contribution in [0.1, 0.15) is 18.5 Å². The highest BCUT2D eigenvalue weighted by Gasteiger charge is 2.43. The molecule has 1 aromatic carbocycles. The van der Waals surface area contributed by atoms with E-state index in [-0.39, 0.29) is 21.9 Å². The van der Waals surface area contributed by atoms with Gasteiger partial charge in [0.2, 0.25) is 16.7 Å². The Bertz CT molecular complexity index is 1140. The molecule has 1 aromatic heterocycles. The van der Waals surface area contributed by atoms with Crippen LogP contribution in [0.15, 0.2) is 43.4 Å². The number of rotatable bonds is 8. The molecule has 0 bridgehead atoms. The molecule has 1 aliphatic carbocycles. The second-order valence-electron chi connectivity index (χ2n) is 6.33. The van der Waals surface area contributed by atoms with Crippen LogP contribution >= 0.6 is 27.7 Å². The molecule has 1 fully saturated rings. The van der Waals surface area contributed by atoms with Crippen molar-refractivity contribution in [1.82, 2.24) is 20.6 Å². The van der Waals surface area contributed by atoms with Crippen LogP contribution in [-0.4, -0.2) is 41.8 Å². The number of thioether (sulfide) groups is 1. The van der Waals surface area contributed by atoms with E-state index in [9.17, 15) is 17.6 Å². The van der Waals surface area contributed by atoms with Gasteiger partial charge in [-0.05, 0) is 57.3 Å². The minimum absolute atomic E-state index is 0.106. The van der Waals surface area contributed by atoms with Gasteiger partial charge in [0, 0.05) is 11.3 Å². The van der Waals surface area contributed by atoms with Crippen LogP contribution in [-0.2, 0) is 20.5 Å². The van der Waals surface area contributed by atoms with Crippen molar-refractivity contribution in [3.05, 3.63) is 40.1 Å². The third-order valence-corrected chi connectivity index (χ3v) is 6.44. The van der Waals surface area contributed by atoms with E-state index in [2.05, 4.69) is 41.7 Å². The Balaban J connectivity index is 1.57. The van der Waals surface area contributed by atoms with Crippen LogP contribution in [0.3, 0.4) is 0 Å². The van der Waals surface area contributed by atoms with Crippen molar-refractivity contribution >= 4 is 56.0 Å². The van der Waals surface area contributed by atoms with Gasteiger partial charge in [0.1, 0.15) is 5.82 Å². The molecule has 2 aliphatic rings. The first-order chi connectivity index (χ1) is 14.4. The van der Waals surface area contributed by atoms with Crippen LogP contribution in [0.2, 0.25) is 0 Å². The quantitative estimate of drug-likeness (QED) is 0.201. The molecular formula is C15H12BrFN6O5S2. The Morgan fingerprint density at radius 2 is 2.17 bits per heavy atom. The summed E-state index contributed by atoms with van der Waals surface area (Å²) < 4.78 is 40.1. The highest BCUT2D eigenvalue weighted by Crippen LogP contribution is 2.40. The maximum atomic E-state index is 13.6. The Morgan fingerprint density at radius 3 is 2.83 bits per heavy atom. The van der Waals surface area contributed by atoms with Gasteiger partial charge >= 0.3 is 5.88 Å². The molecule has 1 aliphatic heterocycles. The Morgan fingerprint density at radius 1 is 1.37 bits per heavy atom. The molecule has 2 aromatic rings. The molecular weight excluding hydrogens is 507 g/mol. The minimum Gasteiger partial charge on any atom is -0.323 e. The lowest BCUT2D eigenvalue weighted by molar-refractivity contribution is 0.248. The van der Waals surface area contributed by atoms with Gasteiger partial charge in [0.05, 0.1) is 10.2 Å². The van der Waals surface area contributed by atoms with Crippen molar-refractivity contribution in [3.8, 4) is 0 Å². The standard InChI is InChI=1S/C15H12BrFN6O5S2/c16-9-5-8(1-2-10(9)17)23-11(6-24)27-19-13(23)12-14(20-28-18-12)29-7-15(3-4-15)21-22-30(25)26/h1-2,5,21,30H,3-4,7H2,(H,22,25,26). The highest BCUT2D eigenvalue weighted by atomic mass is 79.9. The first kappa shape index (κ1) is 21.0. The lowest BCUT2D eigenvalue weighted by Crippen LogP contribution is -2.43. The molecule has 0 unspecified atom stereocenters. The van der Waals surface area contributed by atoms with Crippen molar-refractivity contribution in [1.29, 1.82) is 0 Å². The Labute approximate surface area is 182 Å². The molecule has 4 rings (SSSR count). The number of benzene rings is 1. The number of anilines is 1. The van der Waals surface area contributed by atoms with Gasteiger partial charge in [-0.1, -0.05) is 16.9 Å². The summed E-state index contributed by atoms with van der Waals surface area (Å²) in [4.78, 5) is 19.9. The predicted octanol–water partition coefficient (Wildman–Crippen LogP) is 1.09. The van der Waals surface area contributed by atoms with Crippen LogP contribution in [0.5, 0.6) is 0 Å². The second-order valence-corrected chi connectivity index (χ2v) is 8.88. The molecule has 2 N–H and O–H groups in total. The van der Waals surface area contributed by atoms with Crippen molar-refractivity contribution in [2.75, 3.05) is 10.7 Å². The molecule has 0 radical (unpaired) electrons. The zero-order valence-corrected chi connectivity index (χ0v) is 18.1. The number of halogens is 2. The molecule has 0 saturated heterocycles. The normalized spacial score (nSPS) is 17.1. The zero-order valence-electron chi connectivity index (χ0n) is 14.8. The van der Waals surface area contributed by atoms with E-state index < -0.39 is 22.2 Å². The van der Waals surface area contributed by atoms with Gasteiger partial charge in [0.25, 0.3) is 0 Å². The Hall–Kier alpha value is -2.29. The van der Waals surface area contributed by atoms with Crippen molar-refractivity contribution < 1.29 is 27.1 Å². The molecule has 1 saturated carbocycles. The largest absolute Gasteiger partial charge is 0.323 e. The summed E-state index contributed by atoms with van der Waals surface area (Å²) >= 11 is 4.37. The fraction of sp³-hybridized carbons (Fsp3) is 0.267. The van der Waals surface area contributed by atoms with Crippen molar-refractivity contribution in [2.24, 2.45) is 5.16 Å². The fourth-order valence-corrected chi connectivity index (χ4v) is 4.40. The average molecular weight is 519 g/mol. The first-order valence-corrected chi connectivity index (χ1v) is 11.3. The molecule has 158 valence electrons.